The van der Waals surface area contributed by atoms with Crippen molar-refractivity contribution in [2.24, 2.45) is 0 Å². The number of benzene rings is 2. The van der Waals surface area contributed by atoms with E-state index in [2.05, 4.69) is 25.2 Å². The molecule has 2 aromatic carbocycles. The number of thiazole rings is 1. The minimum Gasteiger partial charge on any atom is -0.406 e. The molecule has 17 heteroatoms. The van der Waals surface area contributed by atoms with Crippen LogP contribution in [0.3, 0.4) is 0 Å². The van der Waals surface area contributed by atoms with Crippen molar-refractivity contribution in [2.45, 2.75) is 23.8 Å². The van der Waals surface area contributed by atoms with Crippen LogP contribution in [0.5, 0.6) is 5.75 Å². The molecule has 0 radical (unpaired) electrons. The second kappa shape index (κ2) is 11.1. The molecule has 0 aliphatic carbocycles. The molecule has 1 amide bonds. The van der Waals surface area contributed by atoms with Crippen molar-refractivity contribution in [1.29, 1.82) is 0 Å². The molecule has 0 spiro atoms. The van der Waals surface area contributed by atoms with Crippen molar-refractivity contribution in [1.82, 2.24) is 24.8 Å². The topological polar surface area (TPSA) is 138 Å². The Morgan fingerprint density at radius 3 is 2.49 bits per heavy atom. The first kappa shape index (κ1) is 28.4. The first-order valence-electron chi connectivity index (χ1n) is 11.9. The van der Waals surface area contributed by atoms with Crippen molar-refractivity contribution in [3.63, 3.8) is 0 Å². The van der Waals surface area contributed by atoms with Crippen LogP contribution in [0.1, 0.15) is 5.56 Å². The van der Waals surface area contributed by atoms with Crippen molar-refractivity contribution in [3.05, 3.63) is 76.5 Å². The monoisotopic (exact) mass is 612 g/mol. The van der Waals surface area contributed by atoms with E-state index in [-0.39, 0.29) is 31.1 Å². The Morgan fingerprint density at radius 1 is 1.12 bits per heavy atom. The fraction of sp³-hybridized carbons (Fsp3) is 0.250. The maximum Gasteiger partial charge on any atom is 0.573 e. The molecule has 11 nitrogen and oxygen atoms in total. The quantitative estimate of drug-likeness (QED) is 0.304. The lowest BCUT2D eigenvalue weighted by Gasteiger charge is -2.39. The summed E-state index contributed by atoms with van der Waals surface area (Å²) in [4.78, 5) is 31.4. The number of hydrogen-bond acceptors (Lipinski definition) is 9. The highest BCUT2D eigenvalue weighted by Crippen LogP contribution is 2.30. The summed E-state index contributed by atoms with van der Waals surface area (Å²) in [5, 5.41) is 9.05. The molecule has 1 aliphatic rings. The Balaban J connectivity index is 1.39. The molecule has 0 saturated carbocycles. The summed E-state index contributed by atoms with van der Waals surface area (Å²) in [5.74, 6) is -1.75. The minimum atomic E-state index is -4.85. The number of carbonyl (C=O) groups is 1. The number of amides is 1. The van der Waals surface area contributed by atoms with Crippen LogP contribution in [0.25, 0.3) is 10.2 Å². The summed E-state index contributed by atoms with van der Waals surface area (Å²) >= 11 is 1.06. The minimum absolute atomic E-state index is 0.117. The number of nitrogens with zero attached hydrogens (tertiary/aromatic N) is 4. The molecule has 0 bridgehead atoms. The van der Waals surface area contributed by atoms with Gasteiger partial charge < -0.3 is 15.0 Å². The molecular formula is C24H20F4N6O5S2. The number of carbonyl (C=O) groups excluding carboxylic acids is 1. The number of alkyl halides is 3. The number of piperazine rings is 1. The molecule has 1 aliphatic heterocycles. The largest absolute Gasteiger partial charge is 0.573 e. The van der Waals surface area contributed by atoms with Gasteiger partial charge in [-0.15, -0.1) is 13.2 Å². The molecule has 41 heavy (non-hydrogen) atoms. The SMILES string of the molecule is O=C(NCc1ccc(OC(F)(F)F)cc1)[C@H]1CN(c2nc3cn[nH]c(=O)c3s2)CCN1S(=O)(=O)c1ccc(F)cc1. The van der Waals surface area contributed by atoms with E-state index in [1.165, 1.54) is 18.3 Å². The highest BCUT2D eigenvalue weighted by molar-refractivity contribution is 7.89. The smallest absolute Gasteiger partial charge is 0.406 e. The van der Waals surface area contributed by atoms with Gasteiger partial charge in [-0.25, -0.2) is 22.9 Å². The Labute approximate surface area is 233 Å². The molecule has 5 rings (SSSR count). The summed E-state index contributed by atoms with van der Waals surface area (Å²) in [7, 11) is -4.24. The number of ether oxygens (including phenoxy) is 1. The van der Waals surface area contributed by atoms with E-state index in [1.807, 2.05) is 0 Å². The highest BCUT2D eigenvalue weighted by atomic mass is 32.2. The van der Waals surface area contributed by atoms with Gasteiger partial charge in [0.1, 0.15) is 27.8 Å². The van der Waals surface area contributed by atoms with Gasteiger partial charge >= 0.3 is 6.36 Å². The van der Waals surface area contributed by atoms with Gasteiger partial charge in [-0.05, 0) is 42.0 Å². The fourth-order valence-corrected chi connectivity index (χ4v) is 6.74. The van der Waals surface area contributed by atoms with E-state index in [0.29, 0.717) is 20.9 Å². The zero-order chi connectivity index (χ0) is 29.4. The number of sulfonamides is 1. The number of H-pyrrole nitrogens is 1. The Hall–Kier alpha value is -4.09. The number of aromatic amines is 1. The zero-order valence-electron chi connectivity index (χ0n) is 20.8. The molecule has 1 atom stereocenters. The summed E-state index contributed by atoms with van der Waals surface area (Å²) in [5.41, 5.74) is 0.338. The standard InChI is InChI=1S/C24H20F4N6O5S2/c25-15-3-7-17(8-4-15)41(37,38)34-10-9-33(23-31-18-12-30-32-22(36)20(18)40-23)13-19(34)21(35)29-11-14-1-5-16(6-2-14)39-24(26,27)28/h1-8,12,19H,9-11,13H2,(H,29,35)(H,32,36)/t19-/m1/s1. The Kier molecular flexibility index (Phi) is 7.67. The molecule has 2 aromatic heterocycles. The molecule has 216 valence electrons. The Bertz CT molecular complexity index is 1730. The van der Waals surface area contributed by atoms with Crippen molar-refractivity contribution in [2.75, 3.05) is 24.5 Å². The number of rotatable bonds is 7. The average Bonchev–Trinajstić information content (AvgIpc) is 3.37. The fourth-order valence-electron chi connectivity index (χ4n) is 4.21. The van der Waals surface area contributed by atoms with Crippen LogP contribution in [0.4, 0.5) is 22.7 Å². The van der Waals surface area contributed by atoms with E-state index in [0.717, 1.165) is 52.0 Å². The maximum atomic E-state index is 13.5. The molecule has 1 fully saturated rings. The van der Waals surface area contributed by atoms with Crippen LogP contribution in [0, 0.1) is 5.82 Å². The second-order valence-corrected chi connectivity index (χ2v) is 11.7. The average molecular weight is 613 g/mol. The number of halogens is 4. The summed E-state index contributed by atoms with van der Waals surface area (Å²) in [6, 6.07) is 7.76. The van der Waals surface area contributed by atoms with Crippen LogP contribution < -0.4 is 20.5 Å². The lowest BCUT2D eigenvalue weighted by molar-refractivity contribution is -0.274. The van der Waals surface area contributed by atoms with Gasteiger partial charge in [0.15, 0.2) is 5.13 Å². The predicted octanol–water partition coefficient (Wildman–Crippen LogP) is 2.61. The predicted molar refractivity (Wildman–Crippen MR) is 139 cm³/mol. The first-order valence-corrected chi connectivity index (χ1v) is 14.2. The lowest BCUT2D eigenvalue weighted by atomic mass is 10.1. The van der Waals surface area contributed by atoms with E-state index >= 15 is 0 Å². The van der Waals surface area contributed by atoms with Crippen LogP contribution in [-0.4, -0.2) is 65.9 Å². The van der Waals surface area contributed by atoms with Gasteiger partial charge in [0.25, 0.3) is 5.56 Å². The zero-order valence-corrected chi connectivity index (χ0v) is 22.4. The summed E-state index contributed by atoms with van der Waals surface area (Å²) in [6.07, 6.45) is -3.48. The van der Waals surface area contributed by atoms with Crippen molar-refractivity contribution in [3.8, 4) is 5.75 Å². The van der Waals surface area contributed by atoms with Crippen molar-refractivity contribution >= 4 is 42.6 Å². The molecule has 0 unspecified atom stereocenters. The first-order chi connectivity index (χ1) is 19.4. The number of aromatic nitrogens is 3. The van der Waals surface area contributed by atoms with E-state index in [9.17, 15) is 35.6 Å². The van der Waals surface area contributed by atoms with Gasteiger partial charge in [-0.2, -0.15) is 9.40 Å². The van der Waals surface area contributed by atoms with E-state index in [4.69, 9.17) is 0 Å². The third-order valence-corrected chi connectivity index (χ3v) is 9.20. The molecule has 4 aromatic rings. The van der Waals surface area contributed by atoms with E-state index in [1.54, 1.807) is 4.90 Å². The normalized spacial score (nSPS) is 16.6. The van der Waals surface area contributed by atoms with Crippen LogP contribution in [-0.2, 0) is 21.4 Å². The van der Waals surface area contributed by atoms with Gasteiger partial charge in [0, 0.05) is 26.2 Å². The third-order valence-electron chi connectivity index (χ3n) is 6.15. The number of nitrogens with one attached hydrogen (secondary N) is 2. The Morgan fingerprint density at radius 2 is 1.83 bits per heavy atom. The lowest BCUT2D eigenvalue weighted by Crippen LogP contribution is -2.60. The summed E-state index contributed by atoms with van der Waals surface area (Å²) in [6.45, 7) is -0.244. The van der Waals surface area contributed by atoms with Crippen LogP contribution in [0.15, 0.2) is 64.4 Å². The van der Waals surface area contributed by atoms with Gasteiger partial charge in [0.2, 0.25) is 15.9 Å². The maximum absolute atomic E-state index is 13.5. The van der Waals surface area contributed by atoms with Crippen LogP contribution >= 0.6 is 11.3 Å². The number of hydrogen-bond donors (Lipinski definition) is 2. The van der Waals surface area contributed by atoms with Gasteiger partial charge in [0.05, 0.1) is 11.1 Å². The van der Waals surface area contributed by atoms with E-state index < -0.39 is 45.5 Å². The third kappa shape index (κ3) is 6.31. The number of fused-ring (bicyclic) bond motifs is 1. The molecule has 1 saturated heterocycles. The van der Waals surface area contributed by atoms with Gasteiger partial charge in [-0.3, -0.25) is 9.59 Å². The number of anilines is 1. The molecule has 3 heterocycles. The molecular weight excluding hydrogens is 592 g/mol. The van der Waals surface area contributed by atoms with Gasteiger partial charge in [-0.1, -0.05) is 23.5 Å². The highest BCUT2D eigenvalue weighted by Gasteiger charge is 2.41. The second-order valence-electron chi connectivity index (χ2n) is 8.85. The molecule has 2 N–H and O–H groups in total. The van der Waals surface area contributed by atoms with Crippen LogP contribution in [0.2, 0.25) is 0 Å². The van der Waals surface area contributed by atoms with Crippen molar-refractivity contribution < 1.29 is 35.5 Å². The summed E-state index contributed by atoms with van der Waals surface area (Å²) < 4.78 is 82.9.